The predicted octanol–water partition coefficient (Wildman–Crippen LogP) is 2.68. The van der Waals surface area contributed by atoms with Gasteiger partial charge in [0.2, 0.25) is 0 Å². The fourth-order valence-corrected chi connectivity index (χ4v) is 2.43. The topological polar surface area (TPSA) is 41.0 Å². The lowest BCUT2D eigenvalue weighted by Crippen LogP contribution is -2.23. The Morgan fingerprint density at radius 1 is 1.24 bits per heavy atom. The number of rotatable bonds is 5. The van der Waals surface area contributed by atoms with E-state index in [1.54, 1.807) is 6.33 Å². The third-order valence-electron chi connectivity index (χ3n) is 3.45. The van der Waals surface area contributed by atoms with E-state index in [9.17, 15) is 0 Å². The van der Waals surface area contributed by atoms with Crippen molar-refractivity contribution < 1.29 is 0 Å². The van der Waals surface area contributed by atoms with E-state index in [4.69, 9.17) is 0 Å². The van der Waals surface area contributed by atoms with E-state index in [1.807, 2.05) is 0 Å². The molecule has 1 N–H and O–H groups in total. The third-order valence-corrected chi connectivity index (χ3v) is 3.45. The van der Waals surface area contributed by atoms with Crippen LogP contribution in [0.4, 0.5) is 11.6 Å². The minimum atomic E-state index is 0.606. The van der Waals surface area contributed by atoms with Gasteiger partial charge in [0.15, 0.2) is 0 Å². The number of nitrogens with one attached hydrogen (secondary N) is 1. The number of anilines is 2. The number of nitrogens with zero attached hydrogens (tertiary/aromatic N) is 3. The van der Waals surface area contributed by atoms with E-state index in [0.717, 1.165) is 24.7 Å². The van der Waals surface area contributed by atoms with Crippen molar-refractivity contribution in [3.05, 3.63) is 12.4 Å². The second-order valence-corrected chi connectivity index (χ2v) is 4.56. The van der Waals surface area contributed by atoms with Crippen molar-refractivity contribution >= 4 is 11.6 Å². The Kier molecular flexibility index (Phi) is 4.18. The Morgan fingerprint density at radius 2 is 1.94 bits per heavy atom. The van der Waals surface area contributed by atoms with Crippen molar-refractivity contribution in [1.82, 2.24) is 9.97 Å². The zero-order valence-electron chi connectivity index (χ0n) is 10.8. The summed E-state index contributed by atoms with van der Waals surface area (Å²) in [5.41, 5.74) is 0. The standard InChI is InChI=1S/C13H22N4/c1-3-17(4-2)13-9-12(14-10-15-13)16-11-7-5-6-8-11/h9-11H,3-8H2,1-2H3,(H,14,15,16). The molecule has 94 valence electrons. The molecule has 0 bridgehead atoms. The molecule has 1 aliphatic carbocycles. The summed E-state index contributed by atoms with van der Waals surface area (Å²) in [5, 5.41) is 3.51. The van der Waals surface area contributed by atoms with E-state index >= 15 is 0 Å². The summed E-state index contributed by atoms with van der Waals surface area (Å²) in [6.45, 7) is 6.26. The van der Waals surface area contributed by atoms with E-state index in [2.05, 4.69) is 40.1 Å². The van der Waals surface area contributed by atoms with E-state index < -0.39 is 0 Å². The molecule has 1 saturated carbocycles. The molecule has 1 aromatic heterocycles. The monoisotopic (exact) mass is 234 g/mol. The first-order valence-corrected chi connectivity index (χ1v) is 6.67. The Hall–Kier alpha value is -1.32. The van der Waals surface area contributed by atoms with Gasteiger partial charge in [0.1, 0.15) is 18.0 Å². The van der Waals surface area contributed by atoms with Gasteiger partial charge in [-0.25, -0.2) is 9.97 Å². The molecule has 4 nitrogen and oxygen atoms in total. The minimum absolute atomic E-state index is 0.606. The summed E-state index contributed by atoms with van der Waals surface area (Å²) in [7, 11) is 0. The highest BCUT2D eigenvalue weighted by molar-refractivity contribution is 5.48. The number of hydrogen-bond acceptors (Lipinski definition) is 4. The second-order valence-electron chi connectivity index (χ2n) is 4.56. The lowest BCUT2D eigenvalue weighted by molar-refractivity contribution is 0.748. The van der Waals surface area contributed by atoms with Crippen molar-refractivity contribution in [1.29, 1.82) is 0 Å². The summed E-state index contributed by atoms with van der Waals surface area (Å²) in [6.07, 6.45) is 6.87. The summed E-state index contributed by atoms with van der Waals surface area (Å²) < 4.78 is 0. The maximum atomic E-state index is 4.33. The van der Waals surface area contributed by atoms with E-state index in [-0.39, 0.29) is 0 Å². The van der Waals surface area contributed by atoms with Crippen LogP contribution in [0, 0.1) is 0 Å². The van der Waals surface area contributed by atoms with Crippen LogP contribution >= 0.6 is 0 Å². The maximum Gasteiger partial charge on any atom is 0.134 e. The average Bonchev–Trinajstić information content (AvgIpc) is 2.84. The third kappa shape index (κ3) is 3.08. The van der Waals surface area contributed by atoms with Crippen molar-refractivity contribution in [2.45, 2.75) is 45.6 Å². The average molecular weight is 234 g/mol. The molecule has 0 radical (unpaired) electrons. The molecule has 0 aliphatic heterocycles. The van der Waals surface area contributed by atoms with Crippen LogP contribution in [0.3, 0.4) is 0 Å². The first kappa shape index (κ1) is 12.1. The largest absolute Gasteiger partial charge is 0.367 e. The Balaban J connectivity index is 2.04. The molecular weight excluding hydrogens is 212 g/mol. The fourth-order valence-electron chi connectivity index (χ4n) is 2.43. The van der Waals surface area contributed by atoms with Crippen LogP contribution < -0.4 is 10.2 Å². The summed E-state index contributed by atoms with van der Waals surface area (Å²) in [5.74, 6) is 1.99. The molecule has 2 rings (SSSR count). The van der Waals surface area contributed by atoms with Crippen LogP contribution in [0.2, 0.25) is 0 Å². The summed E-state index contributed by atoms with van der Waals surface area (Å²) in [6, 6.07) is 2.67. The van der Waals surface area contributed by atoms with Gasteiger partial charge in [-0.3, -0.25) is 0 Å². The van der Waals surface area contributed by atoms with Crippen LogP contribution in [0.25, 0.3) is 0 Å². The number of hydrogen-bond donors (Lipinski definition) is 1. The SMILES string of the molecule is CCN(CC)c1cc(NC2CCCC2)ncn1. The molecule has 0 aromatic carbocycles. The Morgan fingerprint density at radius 3 is 2.59 bits per heavy atom. The van der Waals surface area contributed by atoms with Crippen LogP contribution in [0.15, 0.2) is 12.4 Å². The van der Waals surface area contributed by atoms with Crippen molar-refractivity contribution in [2.75, 3.05) is 23.3 Å². The first-order valence-electron chi connectivity index (χ1n) is 6.67. The lowest BCUT2D eigenvalue weighted by atomic mass is 10.2. The quantitative estimate of drug-likeness (QED) is 0.850. The molecule has 1 aromatic rings. The second kappa shape index (κ2) is 5.84. The normalized spacial score (nSPS) is 16.1. The molecule has 17 heavy (non-hydrogen) atoms. The van der Waals surface area contributed by atoms with Gasteiger partial charge in [0, 0.05) is 25.2 Å². The Labute approximate surface area is 103 Å². The molecule has 0 amide bonds. The number of aromatic nitrogens is 2. The van der Waals surface area contributed by atoms with Gasteiger partial charge in [-0.05, 0) is 26.7 Å². The van der Waals surface area contributed by atoms with Crippen LogP contribution in [-0.2, 0) is 0 Å². The van der Waals surface area contributed by atoms with Crippen molar-refractivity contribution in [3.63, 3.8) is 0 Å². The zero-order chi connectivity index (χ0) is 12.1. The maximum absolute atomic E-state index is 4.33. The predicted molar refractivity (Wildman–Crippen MR) is 71.5 cm³/mol. The van der Waals surface area contributed by atoms with Crippen LogP contribution in [0.1, 0.15) is 39.5 Å². The molecule has 1 heterocycles. The molecular formula is C13H22N4. The van der Waals surface area contributed by atoms with Crippen LogP contribution in [-0.4, -0.2) is 29.1 Å². The highest BCUT2D eigenvalue weighted by Gasteiger charge is 2.15. The molecule has 0 spiro atoms. The van der Waals surface area contributed by atoms with Gasteiger partial charge >= 0.3 is 0 Å². The smallest absolute Gasteiger partial charge is 0.134 e. The van der Waals surface area contributed by atoms with Gasteiger partial charge in [-0.2, -0.15) is 0 Å². The molecule has 1 fully saturated rings. The van der Waals surface area contributed by atoms with Crippen LogP contribution in [0.5, 0.6) is 0 Å². The summed E-state index contributed by atoms with van der Waals surface area (Å²) >= 11 is 0. The molecule has 0 saturated heterocycles. The van der Waals surface area contributed by atoms with Crippen molar-refractivity contribution in [3.8, 4) is 0 Å². The van der Waals surface area contributed by atoms with Gasteiger partial charge in [-0.1, -0.05) is 12.8 Å². The van der Waals surface area contributed by atoms with E-state index in [1.165, 1.54) is 25.7 Å². The lowest BCUT2D eigenvalue weighted by Gasteiger charge is -2.20. The Bertz CT molecular complexity index is 343. The van der Waals surface area contributed by atoms with Gasteiger partial charge in [0.25, 0.3) is 0 Å². The highest BCUT2D eigenvalue weighted by atomic mass is 15.2. The molecule has 0 unspecified atom stereocenters. The first-order chi connectivity index (χ1) is 8.33. The fraction of sp³-hybridized carbons (Fsp3) is 0.692. The zero-order valence-corrected chi connectivity index (χ0v) is 10.8. The van der Waals surface area contributed by atoms with Crippen molar-refractivity contribution in [2.24, 2.45) is 0 Å². The molecule has 0 atom stereocenters. The molecule has 1 aliphatic rings. The van der Waals surface area contributed by atoms with Gasteiger partial charge in [-0.15, -0.1) is 0 Å². The molecule has 4 heteroatoms. The van der Waals surface area contributed by atoms with E-state index in [0.29, 0.717) is 6.04 Å². The van der Waals surface area contributed by atoms with Gasteiger partial charge in [0.05, 0.1) is 0 Å². The summed E-state index contributed by atoms with van der Waals surface area (Å²) in [4.78, 5) is 10.9. The minimum Gasteiger partial charge on any atom is -0.367 e. The van der Waals surface area contributed by atoms with Gasteiger partial charge < -0.3 is 10.2 Å². The highest BCUT2D eigenvalue weighted by Crippen LogP contribution is 2.22.